The molecule has 0 radical (unpaired) electrons. The Morgan fingerprint density at radius 3 is 2.75 bits per heavy atom. The summed E-state index contributed by atoms with van der Waals surface area (Å²) in [5.41, 5.74) is 1.85. The molecule has 0 fully saturated rings. The summed E-state index contributed by atoms with van der Waals surface area (Å²) < 4.78 is 39.5. The molecule has 1 aromatic carbocycles. The maximum atomic E-state index is 11.9. The molecule has 0 spiro atoms. The van der Waals surface area contributed by atoms with Crippen LogP contribution in [0.15, 0.2) is 35.9 Å². The smallest absolute Gasteiger partial charge is 0.406 e. The molecule has 0 aliphatic rings. The van der Waals surface area contributed by atoms with Gasteiger partial charge in [-0.3, -0.25) is 0 Å². The second-order valence-corrected chi connectivity index (χ2v) is 3.07. The summed E-state index contributed by atoms with van der Waals surface area (Å²) in [6.45, 7) is 0.430. The predicted octanol–water partition coefficient (Wildman–Crippen LogP) is 3.75. The number of benzene rings is 1. The van der Waals surface area contributed by atoms with E-state index in [4.69, 9.17) is 11.6 Å². The standard InChI is InChI=1S/C10H9ClF3NO/c11-5-2-6-15-8-3-1-4-9(7-8)16-10(12,13)14/h1-5,7,15H,6H2/b5-2+. The van der Waals surface area contributed by atoms with Gasteiger partial charge in [-0.15, -0.1) is 13.2 Å². The van der Waals surface area contributed by atoms with Crippen LogP contribution >= 0.6 is 11.6 Å². The fourth-order valence-electron chi connectivity index (χ4n) is 1.02. The first-order valence-electron chi connectivity index (χ1n) is 4.36. The van der Waals surface area contributed by atoms with Crippen LogP contribution in [0, 0.1) is 0 Å². The van der Waals surface area contributed by atoms with Gasteiger partial charge < -0.3 is 10.1 Å². The van der Waals surface area contributed by atoms with Gasteiger partial charge in [0.2, 0.25) is 0 Å². The highest BCUT2D eigenvalue weighted by Gasteiger charge is 2.31. The third kappa shape index (κ3) is 4.93. The summed E-state index contributed by atoms with van der Waals surface area (Å²) >= 11 is 5.29. The van der Waals surface area contributed by atoms with Gasteiger partial charge in [-0.2, -0.15) is 0 Å². The van der Waals surface area contributed by atoms with Gasteiger partial charge in [-0.1, -0.05) is 23.7 Å². The molecule has 88 valence electrons. The van der Waals surface area contributed by atoms with Crippen LogP contribution in [0.5, 0.6) is 5.75 Å². The van der Waals surface area contributed by atoms with Crippen molar-refractivity contribution in [2.75, 3.05) is 11.9 Å². The molecular formula is C10H9ClF3NO. The Hall–Kier alpha value is -1.36. The van der Waals surface area contributed by atoms with Gasteiger partial charge in [0.1, 0.15) is 5.75 Å². The maximum absolute atomic E-state index is 11.9. The lowest BCUT2D eigenvalue weighted by Gasteiger charge is -2.10. The Kier molecular flexibility index (Phi) is 4.49. The molecule has 0 bridgehead atoms. The van der Waals surface area contributed by atoms with Gasteiger partial charge in [0.25, 0.3) is 0 Å². The zero-order valence-corrected chi connectivity index (χ0v) is 8.85. The van der Waals surface area contributed by atoms with E-state index in [-0.39, 0.29) is 5.75 Å². The molecule has 1 N–H and O–H groups in total. The van der Waals surface area contributed by atoms with E-state index in [1.54, 1.807) is 12.1 Å². The topological polar surface area (TPSA) is 21.3 Å². The van der Waals surface area contributed by atoms with Gasteiger partial charge in [-0.05, 0) is 12.1 Å². The van der Waals surface area contributed by atoms with E-state index in [0.29, 0.717) is 12.2 Å². The Morgan fingerprint density at radius 2 is 2.12 bits per heavy atom. The molecule has 0 aliphatic carbocycles. The van der Waals surface area contributed by atoms with Crippen molar-refractivity contribution in [1.29, 1.82) is 0 Å². The summed E-state index contributed by atoms with van der Waals surface area (Å²) in [5.74, 6) is -0.257. The van der Waals surface area contributed by atoms with E-state index < -0.39 is 6.36 Å². The van der Waals surface area contributed by atoms with Crippen molar-refractivity contribution < 1.29 is 17.9 Å². The SMILES string of the molecule is FC(F)(F)Oc1cccc(NC/C=C/Cl)c1. The minimum atomic E-state index is -4.67. The fourth-order valence-corrected chi connectivity index (χ4v) is 1.11. The zero-order chi connectivity index (χ0) is 12.0. The van der Waals surface area contributed by atoms with Crippen molar-refractivity contribution in [2.45, 2.75) is 6.36 Å². The van der Waals surface area contributed by atoms with Gasteiger partial charge in [-0.25, -0.2) is 0 Å². The molecule has 1 rings (SSSR count). The number of ether oxygens (including phenoxy) is 1. The second-order valence-electron chi connectivity index (χ2n) is 2.82. The van der Waals surface area contributed by atoms with E-state index in [0.717, 1.165) is 0 Å². The average Bonchev–Trinajstić information content (AvgIpc) is 2.16. The normalized spacial score (nSPS) is 11.8. The quantitative estimate of drug-likeness (QED) is 0.880. The number of rotatable bonds is 4. The van der Waals surface area contributed by atoms with Crippen LogP contribution in [0.2, 0.25) is 0 Å². The first kappa shape index (κ1) is 12.7. The molecule has 1 aromatic rings. The van der Waals surface area contributed by atoms with E-state index in [1.807, 2.05) is 0 Å². The number of nitrogens with one attached hydrogen (secondary N) is 1. The Labute approximate surface area is 95.7 Å². The molecule has 0 saturated carbocycles. The van der Waals surface area contributed by atoms with Gasteiger partial charge in [0.15, 0.2) is 0 Å². The van der Waals surface area contributed by atoms with Crippen molar-refractivity contribution >= 4 is 17.3 Å². The van der Waals surface area contributed by atoms with Crippen molar-refractivity contribution in [1.82, 2.24) is 0 Å². The monoisotopic (exact) mass is 251 g/mol. The van der Waals surface area contributed by atoms with Crippen LogP contribution < -0.4 is 10.1 Å². The average molecular weight is 252 g/mol. The molecule has 0 saturated heterocycles. The number of hydrogen-bond donors (Lipinski definition) is 1. The van der Waals surface area contributed by atoms with Gasteiger partial charge in [0, 0.05) is 23.8 Å². The second kappa shape index (κ2) is 5.65. The van der Waals surface area contributed by atoms with Crippen LogP contribution in [0.1, 0.15) is 0 Å². The Balaban J connectivity index is 2.64. The lowest BCUT2D eigenvalue weighted by molar-refractivity contribution is -0.274. The third-order valence-corrected chi connectivity index (χ3v) is 1.76. The molecule has 0 heterocycles. The highest BCUT2D eigenvalue weighted by molar-refractivity contribution is 6.25. The lowest BCUT2D eigenvalue weighted by atomic mass is 10.3. The molecule has 0 amide bonds. The number of alkyl halides is 3. The molecule has 16 heavy (non-hydrogen) atoms. The molecule has 0 atom stereocenters. The molecule has 0 aliphatic heterocycles. The molecule has 0 aromatic heterocycles. The first-order chi connectivity index (χ1) is 7.51. The van der Waals surface area contributed by atoms with Crippen LogP contribution in [0.25, 0.3) is 0 Å². The highest BCUT2D eigenvalue weighted by atomic mass is 35.5. The van der Waals surface area contributed by atoms with E-state index in [9.17, 15) is 13.2 Å². The summed E-state index contributed by atoms with van der Waals surface area (Å²) in [6, 6.07) is 5.59. The molecule has 2 nitrogen and oxygen atoms in total. The Morgan fingerprint density at radius 1 is 1.38 bits per heavy atom. The molecule has 6 heteroatoms. The summed E-state index contributed by atoms with van der Waals surface area (Å²) in [7, 11) is 0. The predicted molar refractivity (Wildman–Crippen MR) is 56.6 cm³/mol. The van der Waals surface area contributed by atoms with E-state index in [1.165, 1.54) is 23.7 Å². The van der Waals surface area contributed by atoms with Gasteiger partial charge >= 0.3 is 6.36 Å². The molecular weight excluding hydrogens is 243 g/mol. The van der Waals surface area contributed by atoms with E-state index >= 15 is 0 Å². The maximum Gasteiger partial charge on any atom is 0.573 e. The van der Waals surface area contributed by atoms with Crippen molar-refractivity contribution in [3.8, 4) is 5.75 Å². The first-order valence-corrected chi connectivity index (χ1v) is 4.80. The fraction of sp³-hybridized carbons (Fsp3) is 0.200. The van der Waals surface area contributed by atoms with Crippen molar-refractivity contribution in [3.63, 3.8) is 0 Å². The molecule has 0 unspecified atom stereocenters. The van der Waals surface area contributed by atoms with Crippen LogP contribution in [0.4, 0.5) is 18.9 Å². The Bertz CT molecular complexity index is 365. The minimum absolute atomic E-state index is 0.257. The third-order valence-electron chi connectivity index (χ3n) is 1.58. The summed E-state index contributed by atoms with van der Waals surface area (Å²) in [5, 5.41) is 2.85. The highest BCUT2D eigenvalue weighted by Crippen LogP contribution is 2.24. The van der Waals surface area contributed by atoms with Crippen LogP contribution in [-0.4, -0.2) is 12.9 Å². The zero-order valence-electron chi connectivity index (χ0n) is 8.09. The van der Waals surface area contributed by atoms with Crippen LogP contribution in [-0.2, 0) is 0 Å². The number of hydrogen-bond acceptors (Lipinski definition) is 2. The summed E-state index contributed by atoms with van der Waals surface area (Å²) in [4.78, 5) is 0. The number of halogens is 4. The minimum Gasteiger partial charge on any atom is -0.406 e. The summed E-state index contributed by atoms with van der Waals surface area (Å²) in [6.07, 6.45) is -3.05. The lowest BCUT2D eigenvalue weighted by Crippen LogP contribution is -2.17. The van der Waals surface area contributed by atoms with Crippen molar-refractivity contribution in [3.05, 3.63) is 35.9 Å². The largest absolute Gasteiger partial charge is 0.573 e. The number of anilines is 1. The van der Waals surface area contributed by atoms with Crippen molar-refractivity contribution in [2.24, 2.45) is 0 Å². The van der Waals surface area contributed by atoms with Crippen LogP contribution in [0.3, 0.4) is 0 Å². The van der Waals surface area contributed by atoms with Gasteiger partial charge in [0.05, 0.1) is 0 Å². The van der Waals surface area contributed by atoms with E-state index in [2.05, 4.69) is 10.1 Å².